The van der Waals surface area contributed by atoms with Crippen LogP contribution in [0.1, 0.15) is 41.7 Å². The number of H-pyrrole nitrogens is 1. The minimum Gasteiger partial charge on any atom is -0.356 e. The molecule has 0 spiro atoms. The first kappa shape index (κ1) is 15.7. The third-order valence-electron chi connectivity index (χ3n) is 5.02. The summed E-state index contributed by atoms with van der Waals surface area (Å²) < 4.78 is 5.11. The number of aromatic amines is 1. The molecule has 1 aliphatic heterocycles. The summed E-state index contributed by atoms with van der Waals surface area (Å²) in [6.45, 7) is 7.02. The van der Waals surface area contributed by atoms with E-state index >= 15 is 0 Å². The number of hydrogen-bond donors (Lipinski definition) is 1. The summed E-state index contributed by atoms with van der Waals surface area (Å²) >= 11 is 6.31. The lowest BCUT2D eigenvalue weighted by Gasteiger charge is -2.30. The number of nitrogens with one attached hydrogen (secondary N) is 1. The number of hydrogen-bond acceptors (Lipinski definition) is 4. The fourth-order valence-electron chi connectivity index (χ4n) is 3.58. The number of halogens is 1. The zero-order valence-electron chi connectivity index (χ0n) is 14.0. The lowest BCUT2D eigenvalue weighted by Crippen LogP contribution is -2.33. The van der Waals surface area contributed by atoms with E-state index < -0.39 is 0 Å². The van der Waals surface area contributed by atoms with Gasteiger partial charge in [0.15, 0.2) is 5.82 Å². The number of piperidine rings is 1. The molecule has 0 bridgehead atoms. The van der Waals surface area contributed by atoms with Crippen molar-refractivity contribution < 1.29 is 4.52 Å². The number of para-hydroxylation sites is 1. The highest BCUT2D eigenvalue weighted by molar-refractivity contribution is 6.35. The lowest BCUT2D eigenvalue weighted by molar-refractivity contribution is 0.198. The van der Waals surface area contributed by atoms with Gasteiger partial charge in [-0.05, 0) is 44.5 Å². The Labute approximate surface area is 146 Å². The monoisotopic (exact) mass is 344 g/mol. The molecule has 1 N–H and O–H groups in total. The smallest absolute Gasteiger partial charge is 0.223 e. The van der Waals surface area contributed by atoms with Crippen LogP contribution in [0, 0.1) is 13.8 Å². The van der Waals surface area contributed by atoms with E-state index in [1.54, 1.807) is 0 Å². The number of nitrogens with zero attached hydrogens (tertiary/aromatic N) is 3. The van der Waals surface area contributed by atoms with Crippen LogP contribution in [0.4, 0.5) is 0 Å². The molecule has 3 heterocycles. The molecular formula is C18H21ClN4O. The van der Waals surface area contributed by atoms with Gasteiger partial charge in [0.25, 0.3) is 0 Å². The maximum Gasteiger partial charge on any atom is 0.223 e. The SMILES string of the molecule is Cc1nc(C2CCN(Cc3[nH]c4c(Cl)cccc4c3C)CC2)no1. The molecule has 24 heavy (non-hydrogen) atoms. The van der Waals surface area contributed by atoms with Crippen LogP contribution in [0.15, 0.2) is 22.7 Å². The van der Waals surface area contributed by atoms with E-state index in [1.165, 1.54) is 16.6 Å². The van der Waals surface area contributed by atoms with Crippen molar-refractivity contribution in [2.24, 2.45) is 0 Å². The first-order valence-corrected chi connectivity index (χ1v) is 8.78. The number of likely N-dealkylation sites (tertiary alicyclic amines) is 1. The Hall–Kier alpha value is -1.85. The number of aromatic nitrogens is 3. The minimum absolute atomic E-state index is 0.414. The maximum absolute atomic E-state index is 6.31. The average Bonchev–Trinajstić information content (AvgIpc) is 3.14. The molecule has 0 amide bonds. The first-order chi connectivity index (χ1) is 11.6. The van der Waals surface area contributed by atoms with Crippen molar-refractivity contribution in [1.29, 1.82) is 0 Å². The second kappa shape index (κ2) is 6.22. The third kappa shape index (κ3) is 2.82. The van der Waals surface area contributed by atoms with Gasteiger partial charge in [0.1, 0.15) is 0 Å². The molecule has 0 atom stereocenters. The van der Waals surface area contributed by atoms with Gasteiger partial charge >= 0.3 is 0 Å². The summed E-state index contributed by atoms with van der Waals surface area (Å²) in [5, 5.41) is 6.08. The van der Waals surface area contributed by atoms with Crippen molar-refractivity contribution in [3.8, 4) is 0 Å². The molecule has 4 rings (SSSR count). The van der Waals surface area contributed by atoms with E-state index in [2.05, 4.69) is 33.0 Å². The number of benzene rings is 1. The highest BCUT2D eigenvalue weighted by Crippen LogP contribution is 2.30. The fraction of sp³-hybridized carbons (Fsp3) is 0.444. The van der Waals surface area contributed by atoms with Crippen LogP contribution in [-0.4, -0.2) is 33.1 Å². The summed E-state index contributed by atoms with van der Waals surface area (Å²) in [5.41, 5.74) is 3.60. The molecular weight excluding hydrogens is 324 g/mol. The Morgan fingerprint density at radius 3 is 2.75 bits per heavy atom. The number of rotatable bonds is 3. The Morgan fingerprint density at radius 2 is 2.08 bits per heavy atom. The van der Waals surface area contributed by atoms with Gasteiger partial charge in [-0.2, -0.15) is 4.98 Å². The molecule has 0 unspecified atom stereocenters. The Bertz CT molecular complexity index is 861. The molecule has 5 nitrogen and oxygen atoms in total. The second-order valence-corrected chi connectivity index (χ2v) is 7.02. The Morgan fingerprint density at radius 1 is 1.29 bits per heavy atom. The molecule has 0 radical (unpaired) electrons. The standard InChI is InChI=1S/C18H21ClN4O/c1-11-14-4-3-5-15(19)17(14)21-16(11)10-23-8-6-13(7-9-23)18-20-12(2)24-22-18/h3-5,13,21H,6-10H2,1-2H3. The van der Waals surface area contributed by atoms with Crippen molar-refractivity contribution in [1.82, 2.24) is 20.0 Å². The van der Waals surface area contributed by atoms with E-state index in [0.29, 0.717) is 11.8 Å². The molecule has 1 saturated heterocycles. The first-order valence-electron chi connectivity index (χ1n) is 8.40. The van der Waals surface area contributed by atoms with E-state index in [0.717, 1.165) is 48.8 Å². The second-order valence-electron chi connectivity index (χ2n) is 6.61. The zero-order valence-corrected chi connectivity index (χ0v) is 14.7. The molecule has 126 valence electrons. The van der Waals surface area contributed by atoms with Gasteiger partial charge in [0.05, 0.1) is 10.5 Å². The van der Waals surface area contributed by atoms with Crippen molar-refractivity contribution in [3.63, 3.8) is 0 Å². The number of aryl methyl sites for hydroxylation is 2. The van der Waals surface area contributed by atoms with Crippen molar-refractivity contribution in [2.75, 3.05) is 13.1 Å². The average molecular weight is 345 g/mol. The highest BCUT2D eigenvalue weighted by atomic mass is 35.5. The van der Waals surface area contributed by atoms with E-state index in [-0.39, 0.29) is 0 Å². The third-order valence-corrected chi connectivity index (χ3v) is 5.34. The van der Waals surface area contributed by atoms with Gasteiger partial charge in [0, 0.05) is 30.5 Å². The summed E-state index contributed by atoms with van der Waals surface area (Å²) in [4.78, 5) is 10.4. The predicted molar refractivity (Wildman–Crippen MR) is 94.3 cm³/mol. The lowest BCUT2D eigenvalue weighted by atomic mass is 9.96. The van der Waals surface area contributed by atoms with Crippen LogP contribution in [0.5, 0.6) is 0 Å². The van der Waals surface area contributed by atoms with E-state index in [9.17, 15) is 0 Å². The number of fused-ring (bicyclic) bond motifs is 1. The molecule has 0 aliphatic carbocycles. The largest absolute Gasteiger partial charge is 0.356 e. The highest BCUT2D eigenvalue weighted by Gasteiger charge is 2.25. The molecule has 3 aromatic rings. The van der Waals surface area contributed by atoms with Crippen molar-refractivity contribution >= 4 is 22.5 Å². The Balaban J connectivity index is 1.46. The van der Waals surface area contributed by atoms with Crippen LogP contribution < -0.4 is 0 Å². The molecule has 1 fully saturated rings. The maximum atomic E-state index is 6.31. The molecule has 1 aliphatic rings. The summed E-state index contributed by atoms with van der Waals surface area (Å²) in [7, 11) is 0. The topological polar surface area (TPSA) is 58.0 Å². The van der Waals surface area contributed by atoms with Crippen molar-refractivity contribution in [3.05, 3.63) is 46.2 Å². The fourth-order valence-corrected chi connectivity index (χ4v) is 3.80. The molecule has 1 aromatic carbocycles. The summed E-state index contributed by atoms with van der Waals surface area (Å²) in [6.07, 6.45) is 2.14. The van der Waals surface area contributed by atoms with E-state index in [1.807, 2.05) is 19.1 Å². The van der Waals surface area contributed by atoms with Gasteiger partial charge < -0.3 is 9.51 Å². The van der Waals surface area contributed by atoms with Gasteiger partial charge in [0.2, 0.25) is 5.89 Å². The minimum atomic E-state index is 0.414. The zero-order chi connectivity index (χ0) is 16.7. The Kier molecular flexibility index (Phi) is 4.06. The van der Waals surface area contributed by atoms with Gasteiger partial charge in [-0.25, -0.2) is 0 Å². The van der Waals surface area contributed by atoms with Gasteiger partial charge in [-0.15, -0.1) is 0 Å². The summed E-state index contributed by atoms with van der Waals surface area (Å²) in [5.74, 6) is 1.93. The predicted octanol–water partition coefficient (Wildman–Crippen LogP) is 4.20. The van der Waals surface area contributed by atoms with Crippen LogP contribution in [0.2, 0.25) is 5.02 Å². The van der Waals surface area contributed by atoms with Gasteiger partial charge in [-0.1, -0.05) is 28.9 Å². The molecule has 6 heteroatoms. The van der Waals surface area contributed by atoms with Gasteiger partial charge in [-0.3, -0.25) is 4.90 Å². The van der Waals surface area contributed by atoms with Crippen LogP contribution >= 0.6 is 11.6 Å². The van der Waals surface area contributed by atoms with Crippen LogP contribution in [0.25, 0.3) is 10.9 Å². The van der Waals surface area contributed by atoms with Crippen LogP contribution in [0.3, 0.4) is 0 Å². The molecule has 0 saturated carbocycles. The normalized spacial score (nSPS) is 17.0. The summed E-state index contributed by atoms with van der Waals surface area (Å²) in [6, 6.07) is 6.07. The quantitative estimate of drug-likeness (QED) is 0.773. The van der Waals surface area contributed by atoms with Crippen molar-refractivity contribution in [2.45, 2.75) is 39.2 Å². The van der Waals surface area contributed by atoms with E-state index in [4.69, 9.17) is 16.1 Å². The van der Waals surface area contributed by atoms with Crippen LogP contribution in [-0.2, 0) is 6.54 Å². The molecule has 2 aromatic heterocycles.